The van der Waals surface area contributed by atoms with Crippen LogP contribution in [-0.4, -0.2) is 6.16 Å². The molecule has 0 amide bonds. The van der Waals surface area contributed by atoms with Crippen LogP contribution in [0.5, 0.6) is 0 Å². The molecular formula is C25H32P+. The molecule has 0 aromatic heterocycles. The second kappa shape index (κ2) is 9.33. The first-order chi connectivity index (χ1) is 12.8. The Bertz CT molecular complexity index is 688. The normalized spacial score (nSPS) is 17.2. The molecule has 0 N–H and O–H groups in total. The molecule has 0 radical (unpaired) electrons. The van der Waals surface area contributed by atoms with Crippen LogP contribution in [0.25, 0.3) is 0 Å². The molecule has 0 heterocycles. The molecule has 2 aromatic rings. The zero-order valence-corrected chi connectivity index (χ0v) is 17.2. The fourth-order valence-corrected chi connectivity index (χ4v) is 8.94. The standard InChI is InChI=1S/C25H32P/c1-3-5-13-22-14-12-19-25(21-22)26(20-4-2,23-15-8-6-9-16-23)24-17-10-7-11-18-24/h6-12,14-19,22H,3-5,13,20-21H2,1-2H3/q+1. The molecule has 0 fully saturated rings. The van der Waals surface area contributed by atoms with Crippen LogP contribution in [0.2, 0.25) is 0 Å². The predicted molar refractivity (Wildman–Crippen MR) is 119 cm³/mol. The zero-order chi connectivity index (χ0) is 18.2. The van der Waals surface area contributed by atoms with Crippen LogP contribution in [0.15, 0.2) is 84.2 Å². The van der Waals surface area contributed by atoms with Gasteiger partial charge in [-0.1, -0.05) is 75.2 Å². The van der Waals surface area contributed by atoms with E-state index in [9.17, 15) is 0 Å². The van der Waals surface area contributed by atoms with Crippen molar-refractivity contribution < 1.29 is 0 Å². The maximum Gasteiger partial charge on any atom is 0.107 e. The first-order valence-corrected chi connectivity index (χ1v) is 12.2. The van der Waals surface area contributed by atoms with Crippen molar-refractivity contribution in [1.29, 1.82) is 0 Å². The Morgan fingerprint density at radius 2 is 1.46 bits per heavy atom. The highest BCUT2D eigenvalue weighted by Crippen LogP contribution is 2.66. The van der Waals surface area contributed by atoms with Crippen molar-refractivity contribution in [1.82, 2.24) is 0 Å². The van der Waals surface area contributed by atoms with E-state index >= 15 is 0 Å². The number of hydrogen-bond donors (Lipinski definition) is 0. The van der Waals surface area contributed by atoms with Gasteiger partial charge in [-0.2, -0.15) is 0 Å². The summed E-state index contributed by atoms with van der Waals surface area (Å²) in [5, 5.41) is 4.79. The van der Waals surface area contributed by atoms with Crippen LogP contribution >= 0.6 is 7.26 Å². The Balaban J connectivity index is 2.09. The van der Waals surface area contributed by atoms with E-state index in [0.717, 1.165) is 0 Å². The largest absolute Gasteiger partial charge is 0.107 e. The number of benzene rings is 2. The highest BCUT2D eigenvalue weighted by Gasteiger charge is 2.46. The van der Waals surface area contributed by atoms with E-state index in [0.29, 0.717) is 5.92 Å². The van der Waals surface area contributed by atoms with Crippen molar-refractivity contribution in [2.75, 3.05) is 6.16 Å². The average molecular weight is 364 g/mol. The summed E-state index contributed by atoms with van der Waals surface area (Å²) >= 11 is 0. The molecule has 1 aliphatic rings. The third kappa shape index (κ3) is 4.02. The first kappa shape index (κ1) is 19.1. The summed E-state index contributed by atoms with van der Waals surface area (Å²) in [6.07, 6.45) is 14.9. The van der Waals surface area contributed by atoms with E-state index in [1.165, 1.54) is 38.3 Å². The third-order valence-electron chi connectivity index (χ3n) is 5.51. The SMILES string of the molecule is CCCCC1C=CC=C([P+](CCC)(c2ccccc2)c2ccccc2)C1. The van der Waals surface area contributed by atoms with Crippen LogP contribution in [0.1, 0.15) is 46.0 Å². The lowest BCUT2D eigenvalue weighted by Crippen LogP contribution is -2.27. The van der Waals surface area contributed by atoms with Gasteiger partial charge in [0.25, 0.3) is 0 Å². The van der Waals surface area contributed by atoms with Gasteiger partial charge >= 0.3 is 0 Å². The van der Waals surface area contributed by atoms with Crippen LogP contribution in [0, 0.1) is 5.92 Å². The lowest BCUT2D eigenvalue weighted by Gasteiger charge is -2.32. The van der Waals surface area contributed by atoms with Gasteiger partial charge in [0.2, 0.25) is 0 Å². The fourth-order valence-electron chi connectivity index (χ4n) is 4.26. The third-order valence-corrected chi connectivity index (χ3v) is 10.3. The Kier molecular flexibility index (Phi) is 6.86. The molecule has 1 atom stereocenters. The van der Waals surface area contributed by atoms with Crippen LogP contribution in [0.3, 0.4) is 0 Å². The molecule has 3 rings (SSSR count). The van der Waals surface area contributed by atoms with Crippen molar-refractivity contribution in [2.24, 2.45) is 5.92 Å². The average Bonchev–Trinajstić information content (AvgIpc) is 2.72. The highest BCUT2D eigenvalue weighted by molar-refractivity contribution is 7.93. The van der Waals surface area contributed by atoms with E-state index in [1.807, 2.05) is 0 Å². The van der Waals surface area contributed by atoms with Crippen molar-refractivity contribution >= 4 is 17.9 Å². The molecule has 1 heteroatoms. The quantitative estimate of drug-likeness (QED) is 0.457. The van der Waals surface area contributed by atoms with E-state index in [1.54, 1.807) is 15.9 Å². The summed E-state index contributed by atoms with van der Waals surface area (Å²) < 4.78 is 0. The van der Waals surface area contributed by atoms with Crippen LogP contribution < -0.4 is 10.6 Å². The number of allylic oxidation sites excluding steroid dienone is 4. The Hall–Kier alpha value is -1.65. The zero-order valence-electron chi connectivity index (χ0n) is 16.3. The van der Waals surface area contributed by atoms with Crippen molar-refractivity contribution in [2.45, 2.75) is 46.0 Å². The molecule has 26 heavy (non-hydrogen) atoms. The molecule has 0 nitrogen and oxygen atoms in total. The van der Waals surface area contributed by atoms with Gasteiger partial charge in [-0.25, -0.2) is 0 Å². The molecule has 2 aromatic carbocycles. The molecule has 0 saturated carbocycles. The maximum atomic E-state index is 2.45. The first-order valence-electron chi connectivity index (χ1n) is 10.2. The maximum absolute atomic E-state index is 2.45. The molecule has 0 aliphatic heterocycles. The Labute approximate surface area is 160 Å². The second-order valence-corrected chi connectivity index (χ2v) is 11.0. The summed E-state index contributed by atoms with van der Waals surface area (Å²) in [6, 6.07) is 22.7. The van der Waals surface area contributed by atoms with E-state index in [-0.39, 0.29) is 0 Å². The predicted octanol–water partition coefficient (Wildman–Crippen LogP) is 6.72. The topological polar surface area (TPSA) is 0 Å². The Morgan fingerprint density at radius 3 is 2.00 bits per heavy atom. The van der Waals surface area contributed by atoms with Crippen molar-refractivity contribution in [3.63, 3.8) is 0 Å². The van der Waals surface area contributed by atoms with Gasteiger partial charge in [-0.15, -0.1) is 0 Å². The van der Waals surface area contributed by atoms with E-state index < -0.39 is 7.26 Å². The molecule has 1 aliphatic carbocycles. The van der Waals surface area contributed by atoms with Crippen LogP contribution in [0.4, 0.5) is 0 Å². The summed E-state index contributed by atoms with van der Waals surface area (Å²) in [5.41, 5.74) is 0. The smallest absolute Gasteiger partial charge is 0.0808 e. The number of rotatable bonds is 8. The second-order valence-electron chi connectivity index (χ2n) is 7.35. The van der Waals surface area contributed by atoms with Gasteiger partial charge in [0, 0.05) is 6.42 Å². The summed E-state index contributed by atoms with van der Waals surface area (Å²) in [4.78, 5) is 0. The molecule has 0 spiro atoms. The van der Waals surface area contributed by atoms with E-state index in [2.05, 4.69) is 92.7 Å². The monoisotopic (exact) mass is 363 g/mol. The molecule has 0 bridgehead atoms. The molecular weight excluding hydrogens is 331 g/mol. The lowest BCUT2D eigenvalue weighted by atomic mass is 9.95. The van der Waals surface area contributed by atoms with Gasteiger partial charge in [-0.3, -0.25) is 0 Å². The minimum absolute atomic E-state index is 0.707. The van der Waals surface area contributed by atoms with E-state index in [4.69, 9.17) is 0 Å². The van der Waals surface area contributed by atoms with Gasteiger partial charge < -0.3 is 0 Å². The molecule has 1 unspecified atom stereocenters. The summed E-state index contributed by atoms with van der Waals surface area (Å²) in [6.45, 7) is 4.64. The van der Waals surface area contributed by atoms with Gasteiger partial charge in [0.05, 0.1) is 11.5 Å². The minimum atomic E-state index is -1.54. The van der Waals surface area contributed by atoms with Gasteiger partial charge in [0.1, 0.15) is 17.9 Å². The van der Waals surface area contributed by atoms with Gasteiger partial charge in [0.15, 0.2) is 0 Å². The molecule has 136 valence electrons. The summed E-state index contributed by atoms with van der Waals surface area (Å²) in [7, 11) is -1.54. The van der Waals surface area contributed by atoms with Crippen LogP contribution in [-0.2, 0) is 0 Å². The minimum Gasteiger partial charge on any atom is -0.0808 e. The lowest BCUT2D eigenvalue weighted by molar-refractivity contribution is 0.554. The Morgan fingerprint density at radius 1 is 0.846 bits per heavy atom. The number of hydrogen-bond acceptors (Lipinski definition) is 0. The number of unbranched alkanes of at least 4 members (excludes halogenated alkanes) is 1. The molecule has 0 saturated heterocycles. The van der Waals surface area contributed by atoms with Crippen molar-refractivity contribution in [3.8, 4) is 0 Å². The van der Waals surface area contributed by atoms with Gasteiger partial charge in [-0.05, 0) is 49.1 Å². The fraction of sp³-hybridized carbons (Fsp3) is 0.360. The highest BCUT2D eigenvalue weighted by atomic mass is 31.2. The summed E-state index contributed by atoms with van der Waals surface area (Å²) in [5.74, 6) is 0.707. The van der Waals surface area contributed by atoms with Crippen molar-refractivity contribution in [3.05, 3.63) is 84.2 Å².